The summed E-state index contributed by atoms with van der Waals surface area (Å²) in [5.74, 6) is 1.22. The summed E-state index contributed by atoms with van der Waals surface area (Å²) in [7, 11) is 0. The number of likely N-dealkylation sites (tertiary alicyclic amines) is 1. The highest BCUT2D eigenvalue weighted by Gasteiger charge is 2.24. The van der Waals surface area contributed by atoms with Crippen molar-refractivity contribution in [3.05, 3.63) is 41.7 Å². The van der Waals surface area contributed by atoms with Crippen LogP contribution in [0.25, 0.3) is 22.2 Å². The van der Waals surface area contributed by atoms with Gasteiger partial charge in [-0.15, -0.1) is 0 Å². The first-order chi connectivity index (χ1) is 14.0. The third-order valence-electron chi connectivity index (χ3n) is 5.35. The van der Waals surface area contributed by atoms with Crippen molar-refractivity contribution in [2.75, 3.05) is 18.4 Å². The van der Waals surface area contributed by atoms with Crippen molar-refractivity contribution in [3.8, 4) is 11.3 Å². The van der Waals surface area contributed by atoms with Crippen molar-refractivity contribution >= 4 is 34.4 Å². The zero-order valence-corrected chi connectivity index (χ0v) is 17.5. The van der Waals surface area contributed by atoms with Gasteiger partial charge in [-0.2, -0.15) is 0 Å². The Morgan fingerprint density at radius 2 is 2.07 bits per heavy atom. The summed E-state index contributed by atoms with van der Waals surface area (Å²) in [6, 6.07) is 8.32. The van der Waals surface area contributed by atoms with Gasteiger partial charge in [0.05, 0.1) is 16.9 Å². The van der Waals surface area contributed by atoms with E-state index in [1.807, 2.05) is 29.3 Å². The molecule has 3 heterocycles. The lowest BCUT2D eigenvalue weighted by atomic mass is 10.0. The maximum atomic E-state index is 12.3. The molecule has 3 aromatic rings. The predicted molar refractivity (Wildman–Crippen MR) is 117 cm³/mol. The van der Waals surface area contributed by atoms with Crippen molar-refractivity contribution in [2.45, 2.75) is 39.2 Å². The van der Waals surface area contributed by atoms with Crippen LogP contribution in [0.4, 0.5) is 5.95 Å². The first kappa shape index (κ1) is 19.7. The Morgan fingerprint density at radius 3 is 2.83 bits per heavy atom. The molecule has 0 saturated carbocycles. The molecule has 0 radical (unpaired) electrons. The summed E-state index contributed by atoms with van der Waals surface area (Å²) >= 11 is 6.42. The molecule has 4 rings (SSSR count). The molecule has 1 aromatic carbocycles. The van der Waals surface area contributed by atoms with E-state index in [1.54, 1.807) is 6.20 Å². The van der Waals surface area contributed by atoms with Crippen LogP contribution in [0.5, 0.6) is 0 Å². The maximum Gasteiger partial charge on any atom is 0.223 e. The Balaban J connectivity index is 1.46. The number of piperidine rings is 1. The molecule has 0 atom stereocenters. The average molecular weight is 412 g/mol. The fraction of sp³-hybridized carbons (Fsp3) is 0.409. The molecule has 1 saturated heterocycles. The first-order valence-electron chi connectivity index (χ1n) is 10.1. The van der Waals surface area contributed by atoms with Gasteiger partial charge in [-0.05, 0) is 24.8 Å². The number of carbonyl (C=O) groups excluding carboxylic acids is 1. The maximum absolute atomic E-state index is 12.3. The highest BCUT2D eigenvalue weighted by molar-refractivity contribution is 6.33. The average Bonchev–Trinajstić information content (AvgIpc) is 3.13. The molecule has 0 aliphatic carbocycles. The molecule has 0 bridgehead atoms. The van der Waals surface area contributed by atoms with Crippen molar-refractivity contribution in [2.24, 2.45) is 5.92 Å². The number of nitrogens with zero attached hydrogens (tertiary/aromatic N) is 3. The molecule has 1 amide bonds. The highest BCUT2D eigenvalue weighted by Crippen LogP contribution is 2.32. The lowest BCUT2D eigenvalue weighted by molar-refractivity contribution is -0.132. The molecule has 2 aromatic heterocycles. The smallest absolute Gasteiger partial charge is 0.223 e. The summed E-state index contributed by atoms with van der Waals surface area (Å²) in [4.78, 5) is 26.6. The summed E-state index contributed by atoms with van der Waals surface area (Å²) in [6.45, 7) is 5.70. The second-order valence-electron chi connectivity index (χ2n) is 8.04. The Hall–Kier alpha value is -2.60. The number of aromatic nitrogens is 3. The number of aromatic amines is 1. The van der Waals surface area contributed by atoms with Crippen LogP contribution < -0.4 is 5.32 Å². The standard InChI is InChI=1S/C22H26ClN5O/c1-14(2)11-20(29)28-9-7-15(8-10-28)26-22-25-13-18(23)21(27-22)17-12-24-19-6-4-3-5-16(17)19/h3-6,12-15,24H,7-11H2,1-2H3,(H,25,26,27). The van der Waals surface area contributed by atoms with Crippen LogP contribution in [0.1, 0.15) is 33.1 Å². The van der Waals surface area contributed by atoms with Gasteiger partial charge in [0.2, 0.25) is 11.9 Å². The number of benzene rings is 1. The van der Waals surface area contributed by atoms with Crippen molar-refractivity contribution in [1.29, 1.82) is 0 Å². The number of hydrogen-bond acceptors (Lipinski definition) is 4. The number of fused-ring (bicyclic) bond motifs is 1. The van der Waals surface area contributed by atoms with Crippen LogP contribution in [-0.2, 0) is 4.79 Å². The summed E-state index contributed by atoms with van der Waals surface area (Å²) in [5.41, 5.74) is 2.72. The van der Waals surface area contributed by atoms with E-state index in [4.69, 9.17) is 16.6 Å². The molecular formula is C22H26ClN5O. The lowest BCUT2D eigenvalue weighted by Gasteiger charge is -2.32. The third kappa shape index (κ3) is 4.37. The topological polar surface area (TPSA) is 73.9 Å². The van der Waals surface area contributed by atoms with Crippen molar-refractivity contribution < 1.29 is 4.79 Å². The molecule has 1 aliphatic rings. The van der Waals surface area contributed by atoms with Crippen molar-refractivity contribution in [3.63, 3.8) is 0 Å². The van der Waals surface area contributed by atoms with Crippen LogP contribution in [0.15, 0.2) is 36.7 Å². The second kappa shape index (κ2) is 8.41. The van der Waals surface area contributed by atoms with E-state index in [0.717, 1.165) is 42.4 Å². The van der Waals surface area contributed by atoms with E-state index >= 15 is 0 Å². The van der Waals surface area contributed by atoms with E-state index in [0.29, 0.717) is 29.0 Å². The molecule has 1 fully saturated rings. The molecule has 7 heteroatoms. The minimum Gasteiger partial charge on any atom is -0.360 e. The molecular weight excluding hydrogens is 386 g/mol. The van der Waals surface area contributed by atoms with E-state index in [2.05, 4.69) is 35.2 Å². The number of hydrogen-bond donors (Lipinski definition) is 2. The zero-order valence-electron chi connectivity index (χ0n) is 16.8. The van der Waals surface area contributed by atoms with Gasteiger partial charge in [0, 0.05) is 48.2 Å². The SMILES string of the molecule is CC(C)CC(=O)N1CCC(Nc2ncc(Cl)c(-c3c[nH]c4ccccc34)n2)CC1. The number of anilines is 1. The Labute approximate surface area is 175 Å². The van der Waals surface area contributed by atoms with Gasteiger partial charge in [-0.1, -0.05) is 43.6 Å². The van der Waals surface area contributed by atoms with Crippen LogP contribution in [-0.4, -0.2) is 44.9 Å². The molecule has 152 valence electrons. The van der Waals surface area contributed by atoms with Crippen molar-refractivity contribution in [1.82, 2.24) is 19.9 Å². The number of carbonyl (C=O) groups is 1. The fourth-order valence-corrected chi connectivity index (χ4v) is 4.02. The largest absolute Gasteiger partial charge is 0.360 e. The van der Waals surface area contributed by atoms with Gasteiger partial charge in [-0.25, -0.2) is 9.97 Å². The van der Waals surface area contributed by atoms with Gasteiger partial charge in [-0.3, -0.25) is 4.79 Å². The molecule has 1 aliphatic heterocycles. The summed E-state index contributed by atoms with van der Waals surface area (Å²) < 4.78 is 0. The van der Waals surface area contributed by atoms with Gasteiger partial charge in [0.25, 0.3) is 0 Å². The van der Waals surface area contributed by atoms with Crippen LogP contribution >= 0.6 is 11.6 Å². The van der Waals surface area contributed by atoms with E-state index in [9.17, 15) is 4.79 Å². The van der Waals surface area contributed by atoms with E-state index in [-0.39, 0.29) is 11.9 Å². The monoisotopic (exact) mass is 411 g/mol. The number of H-pyrrole nitrogens is 1. The first-order valence-corrected chi connectivity index (χ1v) is 10.5. The van der Waals surface area contributed by atoms with Gasteiger partial charge < -0.3 is 15.2 Å². The lowest BCUT2D eigenvalue weighted by Crippen LogP contribution is -2.42. The quantitative estimate of drug-likeness (QED) is 0.636. The zero-order chi connectivity index (χ0) is 20.4. The van der Waals surface area contributed by atoms with Gasteiger partial charge in [0.15, 0.2) is 0 Å². The third-order valence-corrected chi connectivity index (χ3v) is 5.63. The highest BCUT2D eigenvalue weighted by atomic mass is 35.5. The Kier molecular flexibility index (Phi) is 5.72. The number of amides is 1. The van der Waals surface area contributed by atoms with E-state index in [1.165, 1.54) is 0 Å². The minimum atomic E-state index is 0.245. The van der Waals surface area contributed by atoms with Gasteiger partial charge >= 0.3 is 0 Å². The van der Waals surface area contributed by atoms with Crippen LogP contribution in [0.3, 0.4) is 0 Å². The van der Waals surface area contributed by atoms with Crippen LogP contribution in [0, 0.1) is 5.92 Å². The van der Waals surface area contributed by atoms with Crippen LogP contribution in [0.2, 0.25) is 5.02 Å². The molecule has 2 N–H and O–H groups in total. The number of halogens is 1. The summed E-state index contributed by atoms with van der Waals surface area (Å²) in [5, 5.41) is 5.03. The normalized spacial score (nSPS) is 15.2. The number of rotatable bonds is 5. The Morgan fingerprint density at radius 1 is 1.31 bits per heavy atom. The van der Waals surface area contributed by atoms with E-state index < -0.39 is 0 Å². The van der Waals surface area contributed by atoms with Gasteiger partial charge in [0.1, 0.15) is 0 Å². The molecule has 6 nitrogen and oxygen atoms in total. The molecule has 29 heavy (non-hydrogen) atoms. The molecule has 0 spiro atoms. The molecule has 0 unspecified atom stereocenters. The predicted octanol–water partition coefficient (Wildman–Crippen LogP) is 4.73. The Bertz CT molecular complexity index is 1010. The number of para-hydroxylation sites is 1. The summed E-state index contributed by atoms with van der Waals surface area (Å²) in [6.07, 6.45) is 5.97. The fourth-order valence-electron chi connectivity index (χ4n) is 3.83. The minimum absolute atomic E-state index is 0.245. The number of nitrogens with one attached hydrogen (secondary N) is 2. The second-order valence-corrected chi connectivity index (χ2v) is 8.44.